The minimum atomic E-state index is -0.644. The van der Waals surface area contributed by atoms with Crippen LogP contribution < -0.4 is 16.4 Å². The Bertz CT molecular complexity index is 1120. The number of carbonyl (C=O) groups is 2. The van der Waals surface area contributed by atoms with Gasteiger partial charge in [0.15, 0.2) is 5.69 Å². The first-order valence-electron chi connectivity index (χ1n) is 9.22. The summed E-state index contributed by atoms with van der Waals surface area (Å²) in [5.74, 6) is -1.49. The number of aryl methyl sites for hydroxylation is 1. The number of nitrogens with zero attached hydrogens (tertiary/aromatic N) is 2. The Morgan fingerprint density at radius 3 is 2.38 bits per heavy atom. The summed E-state index contributed by atoms with van der Waals surface area (Å²) in [5, 5.41) is 4.94. The molecule has 2 aromatic carbocycles. The zero-order valence-electron chi connectivity index (χ0n) is 16.1. The maximum Gasteiger partial charge on any atom is 0.290 e. The molecule has 0 saturated heterocycles. The third kappa shape index (κ3) is 4.48. The summed E-state index contributed by atoms with van der Waals surface area (Å²) < 4.78 is 14.9. The number of hydrogen-bond donors (Lipinski definition) is 2. The zero-order valence-corrected chi connectivity index (χ0v) is 16.1. The van der Waals surface area contributed by atoms with Crippen molar-refractivity contribution in [3.63, 3.8) is 0 Å². The molecule has 150 valence electrons. The smallest absolute Gasteiger partial charge is 0.273 e. The highest BCUT2D eigenvalue weighted by molar-refractivity contribution is 6.05. The van der Waals surface area contributed by atoms with Crippen LogP contribution in [0.1, 0.15) is 42.4 Å². The van der Waals surface area contributed by atoms with E-state index >= 15 is 0 Å². The van der Waals surface area contributed by atoms with Gasteiger partial charge < -0.3 is 0 Å². The predicted octanol–water partition coefficient (Wildman–Crippen LogP) is 2.51. The number of hydrazine groups is 1. The predicted molar refractivity (Wildman–Crippen MR) is 107 cm³/mol. The van der Waals surface area contributed by atoms with Gasteiger partial charge in [-0.1, -0.05) is 36.4 Å². The Hall–Kier alpha value is -3.55. The lowest BCUT2D eigenvalue weighted by Gasteiger charge is -2.13. The standard InChI is InChI=1S/C21H21FN4O3/c1-13(2)26-21(29)16-9-5-4-8-15(16)19(25-26)20(28)24-23-18(27)12-11-14-7-3-6-10-17(14)22/h3-10,13H,11-12H2,1-2H3,(H,23,27)(H,24,28). The average molecular weight is 396 g/mol. The molecule has 0 aliphatic carbocycles. The molecule has 1 heterocycles. The summed E-state index contributed by atoms with van der Waals surface area (Å²) in [6, 6.07) is 12.6. The van der Waals surface area contributed by atoms with Gasteiger partial charge in [-0.3, -0.25) is 25.2 Å². The minimum absolute atomic E-state index is 0.000875. The van der Waals surface area contributed by atoms with E-state index in [1.54, 1.807) is 56.3 Å². The molecular weight excluding hydrogens is 375 g/mol. The third-order valence-corrected chi connectivity index (χ3v) is 4.43. The average Bonchev–Trinajstić information content (AvgIpc) is 2.71. The molecule has 0 aliphatic heterocycles. The Kier molecular flexibility index (Phi) is 6.01. The van der Waals surface area contributed by atoms with E-state index in [-0.39, 0.29) is 36.0 Å². The van der Waals surface area contributed by atoms with Gasteiger partial charge in [-0.05, 0) is 38.0 Å². The topological polar surface area (TPSA) is 93.1 Å². The number of hydrogen-bond acceptors (Lipinski definition) is 4. The quantitative estimate of drug-likeness (QED) is 0.648. The largest absolute Gasteiger partial charge is 0.290 e. The van der Waals surface area contributed by atoms with Gasteiger partial charge in [0.25, 0.3) is 11.5 Å². The highest BCUT2D eigenvalue weighted by Gasteiger charge is 2.18. The van der Waals surface area contributed by atoms with Gasteiger partial charge in [0.2, 0.25) is 5.91 Å². The van der Waals surface area contributed by atoms with Gasteiger partial charge >= 0.3 is 0 Å². The second-order valence-corrected chi connectivity index (χ2v) is 6.83. The van der Waals surface area contributed by atoms with Gasteiger partial charge in [-0.2, -0.15) is 5.10 Å². The fourth-order valence-corrected chi connectivity index (χ4v) is 2.92. The molecule has 8 heteroatoms. The van der Waals surface area contributed by atoms with E-state index in [2.05, 4.69) is 16.0 Å². The zero-order chi connectivity index (χ0) is 21.0. The molecule has 0 aliphatic rings. The van der Waals surface area contributed by atoms with E-state index < -0.39 is 11.8 Å². The van der Waals surface area contributed by atoms with Crippen molar-refractivity contribution in [2.24, 2.45) is 0 Å². The molecular formula is C21H21FN4O3. The van der Waals surface area contributed by atoms with Crippen molar-refractivity contribution in [3.05, 3.63) is 76.0 Å². The first-order valence-corrected chi connectivity index (χ1v) is 9.22. The first-order chi connectivity index (χ1) is 13.9. The van der Waals surface area contributed by atoms with Gasteiger partial charge in [-0.25, -0.2) is 9.07 Å². The number of amides is 2. The summed E-state index contributed by atoms with van der Waals surface area (Å²) in [5.41, 5.74) is 4.79. The SMILES string of the molecule is CC(C)n1nc(C(=O)NNC(=O)CCc2ccccc2F)c2ccccc2c1=O. The van der Waals surface area contributed by atoms with E-state index in [1.807, 2.05) is 0 Å². The minimum Gasteiger partial charge on any atom is -0.273 e. The first kappa shape index (κ1) is 20.2. The van der Waals surface area contributed by atoms with Crippen LogP contribution >= 0.6 is 0 Å². The molecule has 0 atom stereocenters. The Morgan fingerprint density at radius 1 is 1.03 bits per heavy atom. The van der Waals surface area contributed by atoms with E-state index in [1.165, 1.54) is 10.7 Å². The van der Waals surface area contributed by atoms with Crippen molar-refractivity contribution < 1.29 is 14.0 Å². The Labute approximate surface area is 166 Å². The molecule has 29 heavy (non-hydrogen) atoms. The summed E-state index contributed by atoms with van der Waals surface area (Å²) in [6.07, 6.45) is 0.203. The van der Waals surface area contributed by atoms with E-state index in [9.17, 15) is 18.8 Å². The maximum absolute atomic E-state index is 13.6. The lowest BCUT2D eigenvalue weighted by Crippen LogP contribution is -2.43. The second kappa shape index (κ2) is 8.64. The number of fused-ring (bicyclic) bond motifs is 1. The van der Waals surface area contributed by atoms with Crippen LogP contribution in [0.3, 0.4) is 0 Å². The van der Waals surface area contributed by atoms with Crippen molar-refractivity contribution >= 4 is 22.6 Å². The van der Waals surface area contributed by atoms with Crippen LogP contribution in [0, 0.1) is 5.82 Å². The summed E-state index contributed by atoms with van der Waals surface area (Å²) >= 11 is 0. The van der Waals surface area contributed by atoms with Crippen LogP contribution in [-0.2, 0) is 11.2 Å². The molecule has 1 aromatic heterocycles. The van der Waals surface area contributed by atoms with E-state index in [0.717, 1.165) is 0 Å². The molecule has 0 radical (unpaired) electrons. The fraction of sp³-hybridized carbons (Fsp3) is 0.238. The molecule has 0 spiro atoms. The molecule has 7 nitrogen and oxygen atoms in total. The van der Waals surface area contributed by atoms with Gasteiger partial charge in [-0.15, -0.1) is 0 Å². The summed E-state index contributed by atoms with van der Waals surface area (Å²) in [7, 11) is 0. The maximum atomic E-state index is 13.6. The molecule has 3 aromatic rings. The normalized spacial score (nSPS) is 10.9. The number of halogens is 1. The summed E-state index contributed by atoms with van der Waals surface area (Å²) in [4.78, 5) is 37.2. The van der Waals surface area contributed by atoms with E-state index in [0.29, 0.717) is 16.3 Å². The van der Waals surface area contributed by atoms with Gasteiger partial charge in [0.1, 0.15) is 5.82 Å². The number of nitrogens with one attached hydrogen (secondary N) is 2. The molecule has 2 N–H and O–H groups in total. The molecule has 0 unspecified atom stereocenters. The molecule has 3 rings (SSSR count). The second-order valence-electron chi connectivity index (χ2n) is 6.83. The van der Waals surface area contributed by atoms with Crippen LogP contribution in [0.2, 0.25) is 0 Å². The van der Waals surface area contributed by atoms with Crippen molar-refractivity contribution in [2.45, 2.75) is 32.7 Å². The highest BCUT2D eigenvalue weighted by Crippen LogP contribution is 2.14. The van der Waals surface area contributed by atoms with Crippen LogP contribution in [0.5, 0.6) is 0 Å². The van der Waals surface area contributed by atoms with Crippen LogP contribution in [0.15, 0.2) is 53.3 Å². The van der Waals surface area contributed by atoms with Crippen LogP contribution in [0.4, 0.5) is 4.39 Å². The molecule has 2 amide bonds. The van der Waals surface area contributed by atoms with Gasteiger partial charge in [0.05, 0.1) is 11.4 Å². The fourth-order valence-electron chi connectivity index (χ4n) is 2.92. The number of benzene rings is 2. The lowest BCUT2D eigenvalue weighted by molar-refractivity contribution is -0.121. The summed E-state index contributed by atoms with van der Waals surface area (Å²) in [6.45, 7) is 3.57. The van der Waals surface area contributed by atoms with Crippen molar-refractivity contribution in [1.82, 2.24) is 20.6 Å². The van der Waals surface area contributed by atoms with Crippen LogP contribution in [0.25, 0.3) is 10.8 Å². The third-order valence-electron chi connectivity index (χ3n) is 4.43. The van der Waals surface area contributed by atoms with Crippen molar-refractivity contribution in [1.29, 1.82) is 0 Å². The monoisotopic (exact) mass is 396 g/mol. The lowest BCUT2D eigenvalue weighted by atomic mass is 10.1. The number of aromatic nitrogens is 2. The number of rotatable bonds is 5. The molecule has 0 fully saturated rings. The van der Waals surface area contributed by atoms with Crippen molar-refractivity contribution in [2.75, 3.05) is 0 Å². The van der Waals surface area contributed by atoms with E-state index in [4.69, 9.17) is 0 Å². The molecule has 0 saturated carbocycles. The van der Waals surface area contributed by atoms with Crippen LogP contribution in [-0.4, -0.2) is 21.6 Å². The van der Waals surface area contributed by atoms with Gasteiger partial charge in [0, 0.05) is 11.8 Å². The Morgan fingerprint density at radius 2 is 1.69 bits per heavy atom. The van der Waals surface area contributed by atoms with Crippen molar-refractivity contribution in [3.8, 4) is 0 Å². The Balaban J connectivity index is 1.73. The molecule has 0 bridgehead atoms. The number of carbonyl (C=O) groups excluding carboxylic acids is 2. The highest BCUT2D eigenvalue weighted by atomic mass is 19.1.